The Labute approximate surface area is 236 Å². The predicted octanol–water partition coefficient (Wildman–Crippen LogP) is 7.22. The monoisotopic (exact) mass is 556 g/mol. The molecule has 6 rings (SSSR count). The molecule has 2 N–H and O–H groups in total. The predicted molar refractivity (Wildman–Crippen MR) is 157 cm³/mol. The lowest BCUT2D eigenvalue weighted by atomic mass is 9.78. The summed E-state index contributed by atoms with van der Waals surface area (Å²) in [6.07, 6.45) is 2.32. The van der Waals surface area contributed by atoms with Crippen molar-refractivity contribution in [2.45, 2.75) is 44.8 Å². The van der Waals surface area contributed by atoms with Crippen LogP contribution in [0.2, 0.25) is 5.02 Å². The lowest BCUT2D eigenvalue weighted by Crippen LogP contribution is -2.29. The minimum Gasteiger partial charge on any atom is -0.493 e. The molecule has 0 saturated heterocycles. The van der Waals surface area contributed by atoms with E-state index < -0.39 is 6.04 Å². The fourth-order valence-electron chi connectivity index (χ4n) is 5.57. The second-order valence-corrected chi connectivity index (χ2v) is 10.8. The number of carbonyl (C=O) groups is 1. The molecule has 204 valence electrons. The van der Waals surface area contributed by atoms with E-state index in [1.165, 1.54) is 6.26 Å². The molecule has 0 fully saturated rings. The van der Waals surface area contributed by atoms with Gasteiger partial charge in [-0.1, -0.05) is 29.8 Å². The van der Waals surface area contributed by atoms with Crippen molar-refractivity contribution < 1.29 is 18.7 Å². The minimum atomic E-state index is -0.699. The van der Waals surface area contributed by atoms with Crippen molar-refractivity contribution in [3.8, 4) is 11.5 Å². The lowest BCUT2D eigenvalue weighted by Gasteiger charge is -2.30. The number of benzene rings is 3. The summed E-state index contributed by atoms with van der Waals surface area (Å²) in [4.78, 5) is 27.7. The molecular formula is C32H29ClN2O5. The fourth-order valence-corrected chi connectivity index (χ4v) is 5.74. The normalized spacial score (nSPS) is 18.5. The molecule has 1 aromatic heterocycles. The average molecular weight is 557 g/mol. The number of ketones is 1. The quantitative estimate of drug-likeness (QED) is 0.268. The molecule has 7 nitrogen and oxygen atoms in total. The highest BCUT2D eigenvalue weighted by atomic mass is 35.5. The summed E-state index contributed by atoms with van der Waals surface area (Å²) in [7, 11) is 1.61. The Morgan fingerprint density at radius 3 is 2.55 bits per heavy atom. The molecular weight excluding hydrogens is 528 g/mol. The van der Waals surface area contributed by atoms with Crippen molar-refractivity contribution in [3.63, 3.8) is 0 Å². The van der Waals surface area contributed by atoms with Gasteiger partial charge in [0.25, 0.3) is 0 Å². The molecule has 0 radical (unpaired) electrons. The summed E-state index contributed by atoms with van der Waals surface area (Å²) in [5.41, 5.74) is 4.47. The van der Waals surface area contributed by atoms with E-state index in [1.807, 2.05) is 56.3 Å². The molecule has 1 aliphatic carbocycles. The maximum absolute atomic E-state index is 13.9. The first-order valence-corrected chi connectivity index (χ1v) is 13.6. The maximum atomic E-state index is 13.9. The van der Waals surface area contributed by atoms with Crippen molar-refractivity contribution in [2.24, 2.45) is 0 Å². The highest BCUT2D eigenvalue weighted by Gasteiger charge is 2.37. The molecule has 2 atom stereocenters. The van der Waals surface area contributed by atoms with Crippen LogP contribution in [0.4, 0.5) is 11.4 Å². The van der Waals surface area contributed by atoms with Crippen LogP contribution >= 0.6 is 11.6 Å². The first-order chi connectivity index (χ1) is 19.3. The number of halogens is 1. The van der Waals surface area contributed by atoms with Gasteiger partial charge >= 0.3 is 0 Å². The zero-order valence-corrected chi connectivity index (χ0v) is 23.2. The average Bonchev–Trinajstić information content (AvgIpc) is 3.10. The van der Waals surface area contributed by atoms with Gasteiger partial charge in [0.1, 0.15) is 11.8 Å². The smallest absolute Gasteiger partial charge is 0.198 e. The molecule has 8 heteroatoms. The first kappa shape index (κ1) is 26.0. The van der Waals surface area contributed by atoms with Gasteiger partial charge in [-0.05, 0) is 74.2 Å². The summed E-state index contributed by atoms with van der Waals surface area (Å²) in [5.74, 6) is 1.16. The molecule has 3 aromatic carbocycles. The van der Waals surface area contributed by atoms with Crippen LogP contribution in [0.3, 0.4) is 0 Å². The number of nitrogens with one attached hydrogen (secondary N) is 2. The van der Waals surface area contributed by atoms with Crippen molar-refractivity contribution in [1.29, 1.82) is 0 Å². The third-order valence-corrected chi connectivity index (χ3v) is 7.64. The highest BCUT2D eigenvalue weighted by Crippen LogP contribution is 2.45. The van der Waals surface area contributed by atoms with Crippen LogP contribution in [-0.2, 0) is 4.79 Å². The van der Waals surface area contributed by atoms with Gasteiger partial charge in [0, 0.05) is 22.7 Å². The third-order valence-electron chi connectivity index (χ3n) is 7.40. The topological polar surface area (TPSA) is 89.8 Å². The Balaban J connectivity index is 1.45. The van der Waals surface area contributed by atoms with Crippen LogP contribution in [0.15, 0.2) is 87.4 Å². The van der Waals surface area contributed by atoms with Gasteiger partial charge in [-0.3, -0.25) is 9.59 Å². The molecule has 2 heterocycles. The molecule has 4 aromatic rings. The van der Waals surface area contributed by atoms with Gasteiger partial charge in [0.15, 0.2) is 22.7 Å². The number of anilines is 2. The van der Waals surface area contributed by atoms with E-state index in [4.69, 9.17) is 25.5 Å². The summed E-state index contributed by atoms with van der Waals surface area (Å²) >= 11 is 6.20. The summed E-state index contributed by atoms with van der Waals surface area (Å²) in [6, 6.07) is 17.8. The number of allylic oxidation sites excluding steroid dienone is 1. The Kier molecular flexibility index (Phi) is 6.76. The van der Waals surface area contributed by atoms with E-state index in [0.717, 1.165) is 22.6 Å². The SMILES string of the molecule is COc1cc(C2CC(=O)C3=C(C2)Nc2ccccc2NC3c2coc3ccc(Cl)cc3c2=O)ccc1OC(C)C. The van der Waals surface area contributed by atoms with Crippen molar-refractivity contribution >= 4 is 39.7 Å². The third kappa shape index (κ3) is 4.71. The molecule has 2 unspecified atom stereocenters. The summed E-state index contributed by atoms with van der Waals surface area (Å²) in [5, 5.41) is 7.77. The number of methoxy groups -OCH3 is 1. The lowest BCUT2D eigenvalue weighted by molar-refractivity contribution is -0.116. The Hall–Kier alpha value is -4.23. The van der Waals surface area contributed by atoms with Crippen LogP contribution in [0, 0.1) is 0 Å². The van der Waals surface area contributed by atoms with Crippen molar-refractivity contribution in [2.75, 3.05) is 17.7 Å². The zero-order valence-electron chi connectivity index (χ0n) is 22.4. The number of hydrogen-bond donors (Lipinski definition) is 2. The molecule has 40 heavy (non-hydrogen) atoms. The van der Waals surface area contributed by atoms with Crippen LogP contribution in [0.1, 0.15) is 49.8 Å². The van der Waals surface area contributed by atoms with Crippen LogP contribution < -0.4 is 25.5 Å². The molecule has 0 spiro atoms. The zero-order chi connectivity index (χ0) is 28.0. The van der Waals surface area contributed by atoms with E-state index in [2.05, 4.69) is 10.6 Å². The van der Waals surface area contributed by atoms with E-state index >= 15 is 0 Å². The Bertz CT molecular complexity index is 1720. The number of carbonyl (C=O) groups excluding carboxylic acids is 1. The fraction of sp³-hybridized carbons (Fsp3) is 0.250. The second-order valence-electron chi connectivity index (χ2n) is 10.4. The van der Waals surface area contributed by atoms with E-state index in [9.17, 15) is 9.59 Å². The number of hydrogen-bond acceptors (Lipinski definition) is 7. The molecule has 1 aliphatic heterocycles. The Morgan fingerprint density at radius 2 is 1.77 bits per heavy atom. The number of para-hydroxylation sites is 2. The van der Waals surface area contributed by atoms with Gasteiger partial charge in [0.05, 0.1) is 41.6 Å². The van der Waals surface area contributed by atoms with Gasteiger partial charge in [-0.25, -0.2) is 0 Å². The van der Waals surface area contributed by atoms with E-state index in [-0.39, 0.29) is 29.7 Å². The van der Waals surface area contributed by atoms with Crippen molar-refractivity contribution in [3.05, 3.63) is 105 Å². The van der Waals surface area contributed by atoms with E-state index in [1.54, 1.807) is 25.3 Å². The molecule has 0 bridgehead atoms. The standard InChI is InChI=1S/C32H29ClN2O5/c1-17(2)40-28-10-8-18(14-29(28)38-3)19-12-25-30(26(36)13-19)31(35-24-7-5-4-6-23(24)34-25)22-16-39-27-11-9-20(33)15-21(27)32(22)37/h4-11,14-17,19,31,34-35H,12-13H2,1-3H3. The number of ether oxygens (including phenoxy) is 2. The maximum Gasteiger partial charge on any atom is 0.198 e. The second kappa shape index (κ2) is 10.4. The van der Waals surface area contributed by atoms with Gasteiger partial charge in [-0.2, -0.15) is 0 Å². The first-order valence-electron chi connectivity index (χ1n) is 13.3. The molecule has 0 saturated carbocycles. The molecule has 0 amide bonds. The molecule has 2 aliphatic rings. The number of Topliss-reactive ketones (excluding diaryl/α,β-unsaturated/α-hetero) is 1. The van der Waals surface area contributed by atoms with Crippen LogP contribution in [0.5, 0.6) is 11.5 Å². The van der Waals surface area contributed by atoms with E-state index in [0.29, 0.717) is 45.0 Å². The van der Waals surface area contributed by atoms with Crippen LogP contribution in [0.25, 0.3) is 11.0 Å². The number of rotatable bonds is 5. The largest absolute Gasteiger partial charge is 0.493 e. The highest BCUT2D eigenvalue weighted by molar-refractivity contribution is 6.31. The van der Waals surface area contributed by atoms with Gasteiger partial charge < -0.3 is 24.5 Å². The summed E-state index contributed by atoms with van der Waals surface area (Å²) in [6.45, 7) is 3.93. The number of fused-ring (bicyclic) bond motifs is 2. The minimum absolute atomic E-state index is 0.00665. The summed E-state index contributed by atoms with van der Waals surface area (Å²) < 4.78 is 17.3. The van der Waals surface area contributed by atoms with Gasteiger partial charge in [0.2, 0.25) is 0 Å². The van der Waals surface area contributed by atoms with Gasteiger partial charge in [-0.15, -0.1) is 0 Å². The Morgan fingerprint density at radius 1 is 0.975 bits per heavy atom. The van der Waals surface area contributed by atoms with Crippen molar-refractivity contribution in [1.82, 2.24) is 0 Å². The van der Waals surface area contributed by atoms with Crippen LogP contribution in [-0.4, -0.2) is 19.0 Å².